The number of likely N-dealkylation sites (tertiary alicyclic amines) is 1. The van der Waals surface area contributed by atoms with E-state index in [2.05, 4.69) is 5.32 Å². The summed E-state index contributed by atoms with van der Waals surface area (Å²) in [6.07, 6.45) is -4.69. The highest BCUT2D eigenvalue weighted by atomic mass is 19.4. The van der Waals surface area contributed by atoms with Gasteiger partial charge in [-0.05, 0) is 19.9 Å². The number of nitrogens with one attached hydrogen (secondary N) is 1. The maximum absolute atomic E-state index is 13.1. The molecule has 2 rings (SSSR count). The Morgan fingerprint density at radius 1 is 1.37 bits per heavy atom. The quantitative estimate of drug-likeness (QED) is 0.591. The molecule has 1 aromatic rings. The molecule has 0 radical (unpaired) electrons. The standard InChI is InChI=1S/C16H18F3N3O5/c1-8-12(4-3-5-13(8)22(26)27)20-14(23)9(2)21-6-10(15(24)25)11(7-21)16(17,18)19/h3-5,9-11H,6-7H2,1-2H3,(H,20,23)(H,24,25)/t9?,10-,11-/m1/s1. The summed E-state index contributed by atoms with van der Waals surface area (Å²) in [7, 11) is 0. The predicted octanol–water partition coefficient (Wildman–Crippen LogP) is 2.43. The second-order valence-electron chi connectivity index (χ2n) is 6.42. The first-order valence-corrected chi connectivity index (χ1v) is 8.02. The number of carbonyl (C=O) groups is 2. The number of alkyl halides is 3. The summed E-state index contributed by atoms with van der Waals surface area (Å²) in [6, 6.07) is 3.04. The Kier molecular flexibility index (Phi) is 5.73. The molecule has 1 heterocycles. The minimum Gasteiger partial charge on any atom is -0.481 e. The summed E-state index contributed by atoms with van der Waals surface area (Å²) in [4.78, 5) is 35.1. The van der Waals surface area contributed by atoms with Gasteiger partial charge in [0, 0.05) is 19.2 Å². The molecule has 1 saturated heterocycles. The summed E-state index contributed by atoms with van der Waals surface area (Å²) < 4.78 is 39.2. The molecule has 1 aliphatic rings. The largest absolute Gasteiger partial charge is 0.481 e. The monoisotopic (exact) mass is 389 g/mol. The normalized spacial score (nSPS) is 21.7. The number of anilines is 1. The van der Waals surface area contributed by atoms with E-state index in [0.29, 0.717) is 0 Å². The molecule has 1 fully saturated rings. The zero-order valence-electron chi connectivity index (χ0n) is 14.5. The van der Waals surface area contributed by atoms with Crippen LogP contribution in [0.15, 0.2) is 18.2 Å². The van der Waals surface area contributed by atoms with Crippen molar-refractivity contribution in [2.24, 2.45) is 11.8 Å². The van der Waals surface area contributed by atoms with E-state index in [4.69, 9.17) is 5.11 Å². The molecule has 1 amide bonds. The van der Waals surface area contributed by atoms with Crippen LogP contribution in [0, 0.1) is 28.9 Å². The van der Waals surface area contributed by atoms with E-state index in [9.17, 15) is 32.9 Å². The predicted molar refractivity (Wildman–Crippen MR) is 88.2 cm³/mol. The average molecular weight is 389 g/mol. The molecule has 148 valence electrons. The highest BCUT2D eigenvalue weighted by Gasteiger charge is 2.53. The van der Waals surface area contributed by atoms with Gasteiger partial charge in [-0.3, -0.25) is 24.6 Å². The SMILES string of the molecule is Cc1c(NC(=O)C(C)N2C[C@@H](C(F)(F)F)[C@H](C(=O)O)C2)cccc1[N+](=O)[O-]. The number of halogens is 3. The number of hydrogen-bond acceptors (Lipinski definition) is 5. The molecule has 8 nitrogen and oxygen atoms in total. The number of carboxylic acid groups (broad SMARTS) is 1. The van der Waals surface area contributed by atoms with Crippen LogP contribution in [0.25, 0.3) is 0 Å². The zero-order valence-corrected chi connectivity index (χ0v) is 14.5. The third kappa shape index (κ3) is 4.35. The molecule has 0 bridgehead atoms. The number of carboxylic acids is 1. The number of nitrogens with zero attached hydrogens (tertiary/aromatic N) is 2. The van der Waals surface area contributed by atoms with Crippen LogP contribution in [-0.2, 0) is 9.59 Å². The first kappa shape index (κ1) is 20.6. The zero-order chi connectivity index (χ0) is 20.5. The molecule has 0 aromatic heterocycles. The van der Waals surface area contributed by atoms with Crippen LogP contribution in [0.4, 0.5) is 24.5 Å². The number of nitro groups is 1. The van der Waals surface area contributed by atoms with Crippen molar-refractivity contribution in [2.75, 3.05) is 18.4 Å². The van der Waals surface area contributed by atoms with Crippen molar-refractivity contribution in [3.63, 3.8) is 0 Å². The number of amides is 1. The number of carbonyl (C=O) groups excluding carboxylic acids is 1. The van der Waals surface area contributed by atoms with Gasteiger partial charge in [-0.2, -0.15) is 13.2 Å². The Labute approximate surface area is 152 Å². The molecule has 27 heavy (non-hydrogen) atoms. The molecular weight excluding hydrogens is 371 g/mol. The molecule has 11 heteroatoms. The lowest BCUT2D eigenvalue weighted by Crippen LogP contribution is -2.41. The van der Waals surface area contributed by atoms with Crippen LogP contribution in [0.3, 0.4) is 0 Å². The van der Waals surface area contributed by atoms with E-state index in [-0.39, 0.29) is 16.9 Å². The Hall–Kier alpha value is -2.69. The number of hydrogen-bond donors (Lipinski definition) is 2. The summed E-state index contributed by atoms with van der Waals surface area (Å²) in [5.74, 6) is -5.96. The summed E-state index contributed by atoms with van der Waals surface area (Å²) >= 11 is 0. The van der Waals surface area contributed by atoms with Crippen molar-refractivity contribution in [2.45, 2.75) is 26.1 Å². The Morgan fingerprint density at radius 2 is 2.00 bits per heavy atom. The number of nitro benzene ring substituents is 1. The lowest BCUT2D eigenvalue weighted by Gasteiger charge is -2.24. The summed E-state index contributed by atoms with van der Waals surface area (Å²) in [6.45, 7) is 1.78. The molecule has 2 N–H and O–H groups in total. The first-order chi connectivity index (χ1) is 12.4. The van der Waals surface area contributed by atoms with Crippen molar-refractivity contribution >= 4 is 23.3 Å². The lowest BCUT2D eigenvalue weighted by atomic mass is 9.96. The smallest absolute Gasteiger partial charge is 0.393 e. The highest BCUT2D eigenvalue weighted by Crippen LogP contribution is 2.38. The Morgan fingerprint density at radius 3 is 2.48 bits per heavy atom. The van der Waals surface area contributed by atoms with Crippen molar-refractivity contribution in [1.29, 1.82) is 0 Å². The van der Waals surface area contributed by atoms with Gasteiger partial charge in [-0.25, -0.2) is 0 Å². The van der Waals surface area contributed by atoms with Gasteiger partial charge >= 0.3 is 12.1 Å². The van der Waals surface area contributed by atoms with Crippen LogP contribution >= 0.6 is 0 Å². The maximum atomic E-state index is 13.1. The van der Waals surface area contributed by atoms with Gasteiger partial charge in [0.05, 0.1) is 34.1 Å². The van der Waals surface area contributed by atoms with Crippen LogP contribution < -0.4 is 5.32 Å². The van der Waals surface area contributed by atoms with Gasteiger partial charge < -0.3 is 10.4 Å². The van der Waals surface area contributed by atoms with E-state index in [1.807, 2.05) is 0 Å². The molecule has 1 aliphatic heterocycles. The van der Waals surface area contributed by atoms with Crippen molar-refractivity contribution in [3.8, 4) is 0 Å². The average Bonchev–Trinajstić information content (AvgIpc) is 3.01. The fourth-order valence-electron chi connectivity index (χ4n) is 3.09. The minimum absolute atomic E-state index is 0.169. The molecule has 0 spiro atoms. The third-order valence-corrected chi connectivity index (χ3v) is 4.77. The lowest BCUT2D eigenvalue weighted by molar-refractivity contribution is -0.385. The van der Waals surface area contributed by atoms with Crippen LogP contribution in [0.5, 0.6) is 0 Å². The highest BCUT2D eigenvalue weighted by molar-refractivity contribution is 5.95. The second-order valence-corrected chi connectivity index (χ2v) is 6.42. The van der Waals surface area contributed by atoms with Crippen molar-refractivity contribution in [1.82, 2.24) is 4.90 Å². The molecule has 1 unspecified atom stereocenters. The van der Waals surface area contributed by atoms with E-state index in [1.165, 1.54) is 32.0 Å². The fourth-order valence-corrected chi connectivity index (χ4v) is 3.09. The minimum atomic E-state index is -4.69. The third-order valence-electron chi connectivity index (χ3n) is 4.77. The maximum Gasteiger partial charge on any atom is 0.393 e. The number of aliphatic carboxylic acids is 1. The number of rotatable bonds is 5. The topological polar surface area (TPSA) is 113 Å². The second kappa shape index (κ2) is 7.51. The molecule has 1 aromatic carbocycles. The number of benzene rings is 1. The van der Waals surface area contributed by atoms with Gasteiger partial charge in [-0.15, -0.1) is 0 Å². The van der Waals surface area contributed by atoms with Gasteiger partial charge in [0.15, 0.2) is 0 Å². The van der Waals surface area contributed by atoms with E-state index in [0.717, 1.165) is 4.90 Å². The van der Waals surface area contributed by atoms with Gasteiger partial charge in [0.2, 0.25) is 5.91 Å². The van der Waals surface area contributed by atoms with Gasteiger partial charge in [0.1, 0.15) is 0 Å². The van der Waals surface area contributed by atoms with Gasteiger partial charge in [0.25, 0.3) is 5.69 Å². The fraction of sp³-hybridized carbons (Fsp3) is 0.500. The Balaban J connectivity index is 2.15. The van der Waals surface area contributed by atoms with Crippen molar-refractivity contribution < 1.29 is 32.8 Å². The van der Waals surface area contributed by atoms with E-state index in [1.54, 1.807) is 0 Å². The van der Waals surface area contributed by atoms with Crippen LogP contribution in [0.2, 0.25) is 0 Å². The van der Waals surface area contributed by atoms with Crippen LogP contribution in [0.1, 0.15) is 12.5 Å². The molecule has 3 atom stereocenters. The van der Waals surface area contributed by atoms with Crippen LogP contribution in [-0.4, -0.2) is 52.1 Å². The molecule has 0 saturated carbocycles. The summed E-state index contributed by atoms with van der Waals surface area (Å²) in [5.41, 5.74) is 0.174. The first-order valence-electron chi connectivity index (χ1n) is 8.02. The molecular formula is C16H18F3N3O5. The van der Waals surface area contributed by atoms with E-state index < -0.39 is 53.9 Å². The van der Waals surface area contributed by atoms with Gasteiger partial charge in [-0.1, -0.05) is 6.07 Å². The summed E-state index contributed by atoms with van der Waals surface area (Å²) in [5, 5.41) is 22.5. The Bertz CT molecular complexity index is 768. The van der Waals surface area contributed by atoms with E-state index >= 15 is 0 Å². The van der Waals surface area contributed by atoms with Crippen molar-refractivity contribution in [3.05, 3.63) is 33.9 Å². The molecule has 0 aliphatic carbocycles.